The van der Waals surface area contributed by atoms with Gasteiger partial charge >= 0.3 is 0 Å². The maximum Gasteiger partial charge on any atom is 0.115 e. The molecule has 1 N–H and O–H groups in total. The van der Waals surface area contributed by atoms with E-state index in [0.29, 0.717) is 0 Å². The molecule has 0 saturated carbocycles. The van der Waals surface area contributed by atoms with E-state index in [1.54, 1.807) is 12.1 Å². The average Bonchev–Trinajstić information content (AvgIpc) is 3.02. The summed E-state index contributed by atoms with van der Waals surface area (Å²) in [5, 5.41) is 16.5. The van der Waals surface area contributed by atoms with Gasteiger partial charge in [0.2, 0.25) is 0 Å². The zero-order chi connectivity index (χ0) is 19.1. The van der Waals surface area contributed by atoms with Gasteiger partial charge in [-0.3, -0.25) is 4.68 Å². The number of hydrogen-bond donors (Lipinski definition) is 1. The summed E-state index contributed by atoms with van der Waals surface area (Å²) in [6.07, 6.45) is 0. The fraction of sp³-hybridized carbons (Fsp3) is 0.174. The summed E-state index contributed by atoms with van der Waals surface area (Å²) in [5.74, 6) is 0.264. The molecular weight excluding hydrogens is 356 g/mol. The summed E-state index contributed by atoms with van der Waals surface area (Å²) in [4.78, 5) is 0. The molecule has 27 heavy (non-hydrogen) atoms. The third-order valence-electron chi connectivity index (χ3n) is 4.85. The van der Waals surface area contributed by atoms with E-state index in [1.807, 2.05) is 43.3 Å². The second-order valence-electron chi connectivity index (χ2n) is 7.07. The highest BCUT2D eigenvalue weighted by molar-refractivity contribution is 6.33. The van der Waals surface area contributed by atoms with Crippen molar-refractivity contribution in [3.63, 3.8) is 0 Å². The van der Waals surface area contributed by atoms with Crippen LogP contribution in [-0.4, -0.2) is 14.9 Å². The summed E-state index contributed by atoms with van der Waals surface area (Å²) in [5.41, 5.74) is 6.08. The van der Waals surface area contributed by atoms with E-state index in [2.05, 4.69) is 30.7 Å². The Balaban J connectivity index is 2.07. The summed E-state index contributed by atoms with van der Waals surface area (Å²) >= 11 is 6.50. The van der Waals surface area contributed by atoms with Crippen LogP contribution in [0, 0.1) is 6.92 Å². The van der Waals surface area contributed by atoms with Crippen LogP contribution in [0.4, 0.5) is 0 Å². The Labute approximate surface area is 163 Å². The molecule has 4 aromatic rings. The Morgan fingerprint density at radius 2 is 1.67 bits per heavy atom. The number of fused-ring (bicyclic) bond motifs is 1. The van der Waals surface area contributed by atoms with E-state index in [4.69, 9.17) is 16.7 Å². The van der Waals surface area contributed by atoms with Crippen molar-refractivity contribution in [2.75, 3.05) is 0 Å². The lowest BCUT2D eigenvalue weighted by molar-refractivity contribution is 0.475. The van der Waals surface area contributed by atoms with Crippen molar-refractivity contribution >= 4 is 22.5 Å². The predicted octanol–water partition coefficient (Wildman–Crippen LogP) is 6.62. The van der Waals surface area contributed by atoms with Crippen molar-refractivity contribution in [3.05, 3.63) is 71.2 Å². The molecule has 0 amide bonds. The van der Waals surface area contributed by atoms with Crippen molar-refractivity contribution in [2.24, 2.45) is 0 Å². The first kappa shape index (κ1) is 17.6. The molecule has 0 unspecified atom stereocenters. The van der Waals surface area contributed by atoms with E-state index in [1.165, 1.54) is 0 Å². The third kappa shape index (κ3) is 2.98. The van der Waals surface area contributed by atoms with Crippen molar-refractivity contribution in [1.82, 2.24) is 9.78 Å². The Hall–Kier alpha value is -2.78. The molecule has 3 aromatic carbocycles. The van der Waals surface area contributed by atoms with Gasteiger partial charge in [-0.25, -0.2) is 0 Å². The molecule has 0 radical (unpaired) electrons. The van der Waals surface area contributed by atoms with Crippen LogP contribution in [0.15, 0.2) is 60.7 Å². The second kappa shape index (κ2) is 6.75. The van der Waals surface area contributed by atoms with Crippen LogP contribution in [0.1, 0.15) is 25.5 Å². The van der Waals surface area contributed by atoms with Crippen molar-refractivity contribution < 1.29 is 5.11 Å². The summed E-state index contributed by atoms with van der Waals surface area (Å²) in [6.45, 7) is 6.25. The van der Waals surface area contributed by atoms with Gasteiger partial charge in [-0.05, 0) is 50.6 Å². The van der Waals surface area contributed by atoms with Crippen molar-refractivity contribution in [2.45, 2.75) is 26.8 Å². The largest absolute Gasteiger partial charge is 0.508 e. The minimum absolute atomic E-state index is 0.197. The van der Waals surface area contributed by atoms with Gasteiger partial charge in [-0.15, -0.1) is 0 Å². The molecule has 4 heteroatoms. The number of aryl methyl sites for hydroxylation is 1. The first-order valence-corrected chi connectivity index (χ1v) is 9.41. The number of nitrogens with zero attached hydrogens (tertiary/aromatic N) is 2. The van der Waals surface area contributed by atoms with Crippen LogP contribution < -0.4 is 0 Å². The van der Waals surface area contributed by atoms with Gasteiger partial charge in [0, 0.05) is 33.1 Å². The molecule has 0 aliphatic rings. The molecule has 3 nitrogen and oxygen atoms in total. The van der Waals surface area contributed by atoms with Gasteiger partial charge in [0.1, 0.15) is 11.4 Å². The Bertz CT molecular complexity index is 1140. The van der Waals surface area contributed by atoms with Gasteiger partial charge in [-0.2, -0.15) is 5.10 Å². The first-order valence-electron chi connectivity index (χ1n) is 9.03. The maximum absolute atomic E-state index is 9.77. The Morgan fingerprint density at radius 3 is 2.37 bits per heavy atom. The number of phenols is 1. The number of hydrogen-bond acceptors (Lipinski definition) is 2. The second-order valence-corrected chi connectivity index (χ2v) is 7.47. The fourth-order valence-electron chi connectivity index (χ4n) is 3.58. The van der Waals surface area contributed by atoms with Gasteiger partial charge in [0.05, 0.1) is 5.52 Å². The van der Waals surface area contributed by atoms with Crippen molar-refractivity contribution in [1.29, 1.82) is 0 Å². The minimum atomic E-state index is 0.197. The zero-order valence-corrected chi connectivity index (χ0v) is 16.3. The van der Waals surface area contributed by atoms with Crippen LogP contribution in [0.25, 0.3) is 33.3 Å². The number of halogens is 1. The van der Waals surface area contributed by atoms with Gasteiger partial charge in [-0.1, -0.05) is 48.0 Å². The number of para-hydroxylation sites is 1. The van der Waals surface area contributed by atoms with Gasteiger partial charge < -0.3 is 5.11 Å². The molecular formula is C23H21ClN2O. The van der Waals surface area contributed by atoms with Crippen LogP contribution in [-0.2, 0) is 0 Å². The SMILES string of the molecule is Cc1cc(O)ccc1-c1nn(C(C)C)c2c(-c3ccccc3Cl)cccc12. The zero-order valence-electron chi connectivity index (χ0n) is 15.6. The highest BCUT2D eigenvalue weighted by Crippen LogP contribution is 2.39. The normalized spacial score (nSPS) is 11.4. The average molecular weight is 377 g/mol. The van der Waals surface area contributed by atoms with Crippen molar-refractivity contribution in [3.8, 4) is 28.1 Å². The molecule has 4 rings (SSSR count). The lowest BCUT2D eigenvalue weighted by Gasteiger charge is -2.12. The van der Waals surface area contributed by atoms with Gasteiger partial charge in [0.15, 0.2) is 0 Å². The Kier molecular flexibility index (Phi) is 4.40. The molecule has 0 fully saturated rings. The summed E-state index contributed by atoms with van der Waals surface area (Å²) < 4.78 is 2.07. The first-order chi connectivity index (χ1) is 13.0. The third-order valence-corrected chi connectivity index (χ3v) is 5.18. The molecule has 0 aliphatic carbocycles. The number of phenolic OH excluding ortho intramolecular Hbond substituents is 1. The van der Waals surface area contributed by atoms with E-state index in [0.717, 1.165) is 43.9 Å². The van der Waals surface area contributed by atoms with E-state index >= 15 is 0 Å². The monoisotopic (exact) mass is 376 g/mol. The van der Waals surface area contributed by atoms with Crippen LogP contribution in [0.2, 0.25) is 5.02 Å². The topological polar surface area (TPSA) is 38.1 Å². The Morgan fingerprint density at radius 1 is 0.926 bits per heavy atom. The molecule has 0 bridgehead atoms. The van der Waals surface area contributed by atoms with E-state index in [-0.39, 0.29) is 11.8 Å². The molecule has 0 aliphatic heterocycles. The lowest BCUT2D eigenvalue weighted by Crippen LogP contribution is -2.03. The van der Waals surface area contributed by atoms with Crippen LogP contribution in [0.3, 0.4) is 0 Å². The highest BCUT2D eigenvalue weighted by Gasteiger charge is 2.19. The van der Waals surface area contributed by atoms with Gasteiger partial charge in [0.25, 0.3) is 0 Å². The van der Waals surface area contributed by atoms with Crippen LogP contribution in [0.5, 0.6) is 5.75 Å². The molecule has 0 spiro atoms. The smallest absolute Gasteiger partial charge is 0.115 e. The molecule has 0 atom stereocenters. The lowest BCUT2D eigenvalue weighted by atomic mass is 9.98. The number of aromatic nitrogens is 2. The quantitative estimate of drug-likeness (QED) is 0.436. The highest BCUT2D eigenvalue weighted by atomic mass is 35.5. The maximum atomic E-state index is 9.77. The van der Waals surface area contributed by atoms with E-state index in [9.17, 15) is 5.11 Å². The number of rotatable bonds is 3. The van der Waals surface area contributed by atoms with Crippen LogP contribution >= 0.6 is 11.6 Å². The standard InChI is InChI=1S/C23H21ClN2O/c1-14(2)26-23-19(18-7-4-5-10-21(18)24)8-6-9-20(23)22(25-26)17-12-11-16(27)13-15(17)3/h4-14,27H,1-3H3. The number of benzene rings is 3. The molecule has 1 aromatic heterocycles. The predicted molar refractivity (Wildman–Crippen MR) is 112 cm³/mol. The summed E-state index contributed by atoms with van der Waals surface area (Å²) in [7, 11) is 0. The fourth-order valence-corrected chi connectivity index (χ4v) is 3.81. The summed E-state index contributed by atoms with van der Waals surface area (Å²) in [6, 6.07) is 19.7. The molecule has 0 saturated heterocycles. The molecule has 1 heterocycles. The van der Waals surface area contributed by atoms with E-state index < -0.39 is 0 Å². The number of aromatic hydroxyl groups is 1. The minimum Gasteiger partial charge on any atom is -0.508 e. The molecule has 136 valence electrons.